The Hall–Kier alpha value is -4.20. The molecular weight excluding hydrogens is 442 g/mol. The Morgan fingerprint density at radius 1 is 0.971 bits per heavy atom. The highest BCUT2D eigenvalue weighted by atomic mass is 16.4. The third kappa shape index (κ3) is 6.03. The van der Waals surface area contributed by atoms with E-state index in [2.05, 4.69) is 34.1 Å². The number of carbonyl (C=O) groups is 2. The molecule has 0 aliphatic carbocycles. The van der Waals surface area contributed by atoms with Crippen LogP contribution in [0.4, 0.5) is 0 Å². The number of amides is 1. The van der Waals surface area contributed by atoms with Crippen LogP contribution >= 0.6 is 0 Å². The van der Waals surface area contributed by atoms with Crippen molar-refractivity contribution >= 4 is 11.9 Å². The summed E-state index contributed by atoms with van der Waals surface area (Å²) in [5.41, 5.74) is 3.99. The van der Waals surface area contributed by atoms with Gasteiger partial charge in [-0.1, -0.05) is 38.1 Å². The van der Waals surface area contributed by atoms with Gasteiger partial charge in [0.1, 0.15) is 11.9 Å². The topological polar surface area (TPSA) is 113 Å². The number of nitrogens with one attached hydrogen (secondary N) is 2. The van der Waals surface area contributed by atoms with E-state index in [1.165, 1.54) is 0 Å². The zero-order valence-electron chi connectivity index (χ0n) is 19.8. The highest BCUT2D eigenvalue weighted by Crippen LogP contribution is 2.27. The molecular formula is C27H29N5O3. The van der Waals surface area contributed by atoms with Crippen LogP contribution in [0.3, 0.4) is 0 Å². The Labute approximate surface area is 204 Å². The van der Waals surface area contributed by atoms with Gasteiger partial charge in [-0.25, -0.2) is 9.78 Å². The monoisotopic (exact) mass is 471 g/mol. The number of nitrogens with zero attached hydrogens (tertiary/aromatic N) is 3. The van der Waals surface area contributed by atoms with Gasteiger partial charge >= 0.3 is 5.97 Å². The number of benzene rings is 1. The molecule has 0 spiro atoms. The second-order valence-electron chi connectivity index (χ2n) is 8.94. The second kappa shape index (κ2) is 10.8. The van der Waals surface area contributed by atoms with Gasteiger partial charge in [0.2, 0.25) is 5.91 Å². The average molecular weight is 472 g/mol. The van der Waals surface area contributed by atoms with Crippen LogP contribution in [0.5, 0.6) is 0 Å². The molecule has 0 aliphatic rings. The standard InChI is InChI=1S/C27H29N5O3/c1-18(2)15-23(26-29-12-13-30-26)31-25(33)16-24(27(34)35)32-14-9-22(17-32)20-5-3-19(4-6-20)21-7-10-28-11-8-21/h3-14,17-18,23-24H,15-16H2,1-2H3,(H,29,30)(H,31,33)(H,34,35)/t23-,24+/m0/s1. The summed E-state index contributed by atoms with van der Waals surface area (Å²) in [6.07, 6.45) is 10.8. The van der Waals surface area contributed by atoms with Crippen molar-refractivity contribution in [3.8, 4) is 22.3 Å². The maximum absolute atomic E-state index is 12.8. The zero-order chi connectivity index (χ0) is 24.8. The molecule has 0 saturated carbocycles. The van der Waals surface area contributed by atoms with Crippen LogP contribution in [0.25, 0.3) is 22.3 Å². The van der Waals surface area contributed by atoms with Gasteiger partial charge in [0.25, 0.3) is 0 Å². The number of carbonyl (C=O) groups excluding carboxylic acids is 1. The van der Waals surface area contributed by atoms with Crippen LogP contribution in [0.15, 0.2) is 79.6 Å². The largest absolute Gasteiger partial charge is 0.480 e. The maximum Gasteiger partial charge on any atom is 0.327 e. The summed E-state index contributed by atoms with van der Waals surface area (Å²) < 4.78 is 1.58. The first-order valence-electron chi connectivity index (χ1n) is 11.6. The molecule has 1 aromatic carbocycles. The van der Waals surface area contributed by atoms with Crippen LogP contribution in [-0.2, 0) is 9.59 Å². The number of carboxylic acids is 1. The lowest BCUT2D eigenvalue weighted by Crippen LogP contribution is -2.33. The first-order chi connectivity index (χ1) is 16.9. The summed E-state index contributed by atoms with van der Waals surface area (Å²) >= 11 is 0. The number of aliphatic carboxylic acids is 1. The zero-order valence-corrected chi connectivity index (χ0v) is 19.8. The van der Waals surface area contributed by atoms with E-state index in [9.17, 15) is 14.7 Å². The molecule has 4 rings (SSSR count). The molecule has 35 heavy (non-hydrogen) atoms. The summed E-state index contributed by atoms with van der Waals surface area (Å²) in [7, 11) is 0. The number of carboxylic acid groups (broad SMARTS) is 1. The molecule has 3 N–H and O–H groups in total. The molecule has 0 saturated heterocycles. The van der Waals surface area contributed by atoms with Crippen molar-refractivity contribution in [3.63, 3.8) is 0 Å². The smallest absolute Gasteiger partial charge is 0.327 e. The van der Waals surface area contributed by atoms with E-state index in [4.69, 9.17) is 0 Å². The Balaban J connectivity index is 1.47. The summed E-state index contributed by atoms with van der Waals surface area (Å²) in [5.74, 6) is -0.403. The van der Waals surface area contributed by atoms with Crippen molar-refractivity contribution in [1.29, 1.82) is 0 Å². The predicted octanol–water partition coefficient (Wildman–Crippen LogP) is 4.86. The van der Waals surface area contributed by atoms with Crippen molar-refractivity contribution in [2.45, 2.75) is 38.8 Å². The number of rotatable bonds is 10. The summed E-state index contributed by atoms with van der Waals surface area (Å²) in [5, 5.41) is 12.8. The Bertz CT molecular complexity index is 1250. The molecule has 0 bridgehead atoms. The third-order valence-corrected chi connectivity index (χ3v) is 5.86. The molecule has 4 aromatic rings. The van der Waals surface area contributed by atoms with E-state index in [0.717, 1.165) is 22.3 Å². The highest BCUT2D eigenvalue weighted by molar-refractivity contribution is 5.83. The lowest BCUT2D eigenvalue weighted by Gasteiger charge is -2.20. The third-order valence-electron chi connectivity index (χ3n) is 5.86. The molecule has 0 radical (unpaired) electrons. The van der Waals surface area contributed by atoms with Crippen LogP contribution < -0.4 is 5.32 Å². The van der Waals surface area contributed by atoms with Gasteiger partial charge in [0, 0.05) is 37.2 Å². The molecule has 3 heterocycles. The number of hydrogen-bond acceptors (Lipinski definition) is 4. The number of hydrogen-bond donors (Lipinski definition) is 3. The fraction of sp³-hybridized carbons (Fsp3) is 0.259. The number of aromatic amines is 1. The fourth-order valence-corrected chi connectivity index (χ4v) is 4.10. The number of H-pyrrole nitrogens is 1. The van der Waals surface area contributed by atoms with Crippen LogP contribution in [0, 0.1) is 5.92 Å². The van der Waals surface area contributed by atoms with Crippen LogP contribution in [0.2, 0.25) is 0 Å². The molecule has 8 heteroatoms. The van der Waals surface area contributed by atoms with Crippen molar-refractivity contribution < 1.29 is 14.7 Å². The van der Waals surface area contributed by atoms with E-state index >= 15 is 0 Å². The van der Waals surface area contributed by atoms with E-state index in [1.54, 1.807) is 41.7 Å². The lowest BCUT2D eigenvalue weighted by molar-refractivity contribution is -0.143. The Morgan fingerprint density at radius 2 is 1.63 bits per heavy atom. The first kappa shape index (κ1) is 23.9. The molecule has 0 unspecified atom stereocenters. The number of pyridine rings is 1. The second-order valence-corrected chi connectivity index (χ2v) is 8.94. The van der Waals surface area contributed by atoms with Crippen LogP contribution in [-0.4, -0.2) is 36.5 Å². The first-order valence-corrected chi connectivity index (χ1v) is 11.6. The normalized spacial score (nSPS) is 12.9. The van der Waals surface area contributed by atoms with E-state index in [0.29, 0.717) is 18.2 Å². The SMILES string of the molecule is CC(C)C[C@H](NC(=O)C[C@H](C(=O)O)n1ccc(-c2ccc(-c3ccncc3)cc2)c1)c1ncc[nH]1. The molecule has 8 nitrogen and oxygen atoms in total. The van der Waals surface area contributed by atoms with Crippen molar-refractivity contribution in [3.05, 3.63) is 85.5 Å². The minimum absolute atomic E-state index is 0.181. The molecule has 3 aromatic heterocycles. The Morgan fingerprint density at radius 3 is 2.23 bits per heavy atom. The van der Waals surface area contributed by atoms with E-state index in [1.807, 2.05) is 42.5 Å². The molecule has 2 atom stereocenters. The number of imidazole rings is 1. The maximum atomic E-state index is 12.8. The van der Waals surface area contributed by atoms with Crippen molar-refractivity contribution in [2.24, 2.45) is 5.92 Å². The van der Waals surface area contributed by atoms with Gasteiger partial charge in [0.15, 0.2) is 0 Å². The average Bonchev–Trinajstić information content (AvgIpc) is 3.55. The van der Waals surface area contributed by atoms with E-state index < -0.39 is 12.0 Å². The summed E-state index contributed by atoms with van der Waals surface area (Å²) in [6.45, 7) is 4.13. The Kier molecular flexibility index (Phi) is 7.40. The minimum atomic E-state index is -1.06. The van der Waals surface area contributed by atoms with Gasteiger partial charge < -0.3 is 20.0 Å². The molecule has 1 amide bonds. The quantitative estimate of drug-likeness (QED) is 0.306. The molecule has 180 valence electrons. The molecule has 0 fully saturated rings. The highest BCUT2D eigenvalue weighted by Gasteiger charge is 2.26. The lowest BCUT2D eigenvalue weighted by atomic mass is 10.0. The summed E-state index contributed by atoms with van der Waals surface area (Å²) in [6, 6.07) is 12.5. The van der Waals surface area contributed by atoms with Crippen molar-refractivity contribution in [2.75, 3.05) is 0 Å². The minimum Gasteiger partial charge on any atom is -0.480 e. The van der Waals surface area contributed by atoms with Gasteiger partial charge in [0.05, 0.1) is 12.5 Å². The fourth-order valence-electron chi connectivity index (χ4n) is 4.10. The van der Waals surface area contributed by atoms with Gasteiger partial charge in [-0.05, 0) is 52.8 Å². The van der Waals surface area contributed by atoms with Crippen LogP contribution in [0.1, 0.15) is 44.6 Å². The predicted molar refractivity (Wildman–Crippen MR) is 133 cm³/mol. The van der Waals surface area contributed by atoms with Crippen molar-refractivity contribution in [1.82, 2.24) is 24.8 Å². The number of aromatic nitrogens is 4. The van der Waals surface area contributed by atoms with Gasteiger partial charge in [-0.3, -0.25) is 9.78 Å². The summed E-state index contributed by atoms with van der Waals surface area (Å²) in [4.78, 5) is 36.2. The van der Waals surface area contributed by atoms with Gasteiger partial charge in [-0.2, -0.15) is 0 Å². The van der Waals surface area contributed by atoms with E-state index in [-0.39, 0.29) is 18.4 Å². The molecule has 0 aliphatic heterocycles. The van der Waals surface area contributed by atoms with Gasteiger partial charge in [-0.15, -0.1) is 0 Å².